The molecule has 0 heterocycles. The maximum Gasteiger partial charge on any atom is 0.0456 e. The molecule has 0 spiro atoms. The molecule has 1 nitrogen and oxygen atoms in total. The third-order valence-corrected chi connectivity index (χ3v) is 1.09. The normalized spacial score (nSPS) is 11.7. The lowest BCUT2D eigenvalue weighted by atomic mass is 10.1. The van der Waals surface area contributed by atoms with Crippen LogP contribution in [0.5, 0.6) is 0 Å². The van der Waals surface area contributed by atoms with Gasteiger partial charge in [0, 0.05) is 6.61 Å². The van der Waals surface area contributed by atoms with E-state index in [1.54, 1.807) is 0 Å². The number of aliphatic hydroxyl groups is 1. The summed E-state index contributed by atoms with van der Waals surface area (Å²) in [6.07, 6.45) is 2.33. The first-order chi connectivity index (χ1) is 4.31. The lowest BCUT2D eigenvalue weighted by Crippen LogP contribution is -1.98. The second kappa shape index (κ2) is 10.9. The minimum atomic E-state index is 0.341. The third kappa shape index (κ3) is 11.5. The van der Waals surface area contributed by atoms with Crippen molar-refractivity contribution in [1.82, 2.24) is 0 Å². The van der Waals surface area contributed by atoms with E-state index in [4.69, 9.17) is 5.11 Å². The highest BCUT2D eigenvalue weighted by atomic mass is 16.3. The van der Waals surface area contributed by atoms with Crippen LogP contribution in [0.25, 0.3) is 0 Å². The first kappa shape index (κ1) is 11.7. The largest absolute Gasteiger partial charge is 0.396 e. The molecule has 0 aromatic carbocycles. The molecule has 0 rings (SSSR count). The summed E-state index contributed by atoms with van der Waals surface area (Å²) in [4.78, 5) is 0. The van der Waals surface area contributed by atoms with Crippen molar-refractivity contribution in [3.8, 4) is 0 Å². The highest BCUT2D eigenvalue weighted by molar-refractivity contribution is 4.45. The van der Waals surface area contributed by atoms with Crippen molar-refractivity contribution >= 4 is 0 Å². The van der Waals surface area contributed by atoms with Crippen LogP contribution in [0.15, 0.2) is 0 Å². The van der Waals surface area contributed by atoms with Crippen molar-refractivity contribution < 1.29 is 5.11 Å². The molecule has 1 heteroatoms. The van der Waals surface area contributed by atoms with Crippen molar-refractivity contribution in [3.05, 3.63) is 0 Å². The molecule has 0 aliphatic carbocycles. The van der Waals surface area contributed by atoms with Crippen LogP contribution in [0.1, 0.15) is 40.5 Å². The molecule has 0 saturated carbocycles. The number of hydrogen-bond acceptors (Lipinski definition) is 1. The van der Waals surface area contributed by atoms with Gasteiger partial charge in [-0.1, -0.05) is 34.1 Å². The van der Waals surface area contributed by atoms with E-state index >= 15 is 0 Å². The van der Waals surface area contributed by atoms with Gasteiger partial charge >= 0.3 is 0 Å². The lowest BCUT2D eigenvalue weighted by molar-refractivity contribution is 0.229. The fraction of sp³-hybridized carbons (Fsp3) is 1.00. The average molecular weight is 132 g/mol. The second-order valence-corrected chi connectivity index (χ2v) is 2.08. The molecule has 0 amide bonds. The zero-order valence-electron chi connectivity index (χ0n) is 7.15. The van der Waals surface area contributed by atoms with Crippen LogP contribution in [0.4, 0.5) is 0 Å². The van der Waals surface area contributed by atoms with Crippen LogP contribution in [0.3, 0.4) is 0 Å². The molecule has 1 unspecified atom stereocenters. The first-order valence-corrected chi connectivity index (χ1v) is 3.92. The van der Waals surface area contributed by atoms with Gasteiger partial charge in [-0.3, -0.25) is 0 Å². The quantitative estimate of drug-likeness (QED) is 0.625. The molecule has 0 saturated heterocycles. The van der Waals surface area contributed by atoms with Gasteiger partial charge in [0.1, 0.15) is 0 Å². The Kier molecular flexibility index (Phi) is 14.1. The molecule has 1 atom stereocenters. The number of hydrogen-bond donors (Lipinski definition) is 1. The van der Waals surface area contributed by atoms with E-state index in [-0.39, 0.29) is 0 Å². The predicted octanol–water partition coefficient (Wildman–Crippen LogP) is 2.44. The number of rotatable bonds is 3. The van der Waals surface area contributed by atoms with Crippen molar-refractivity contribution in [2.24, 2.45) is 5.92 Å². The van der Waals surface area contributed by atoms with Gasteiger partial charge in [-0.2, -0.15) is 0 Å². The molecular weight excluding hydrogens is 112 g/mol. The average Bonchev–Trinajstić information content (AvgIpc) is 1.93. The van der Waals surface area contributed by atoms with Gasteiger partial charge in [0.05, 0.1) is 0 Å². The topological polar surface area (TPSA) is 20.2 Å². The van der Waals surface area contributed by atoms with Crippen LogP contribution in [-0.4, -0.2) is 11.7 Å². The molecular formula is C8H20O. The summed E-state index contributed by atoms with van der Waals surface area (Å²) in [6, 6.07) is 0. The van der Waals surface area contributed by atoms with Gasteiger partial charge in [0.15, 0.2) is 0 Å². The summed E-state index contributed by atoms with van der Waals surface area (Å²) in [7, 11) is 0. The Hall–Kier alpha value is -0.0400. The molecule has 0 radical (unpaired) electrons. The van der Waals surface area contributed by atoms with Crippen LogP contribution in [0, 0.1) is 5.92 Å². The van der Waals surface area contributed by atoms with Gasteiger partial charge in [0.25, 0.3) is 0 Å². The summed E-state index contributed by atoms with van der Waals surface area (Å²) in [6.45, 7) is 8.53. The highest BCUT2D eigenvalue weighted by Gasteiger charge is 1.93. The predicted molar refractivity (Wildman–Crippen MR) is 42.5 cm³/mol. The Labute approximate surface area is 59.1 Å². The van der Waals surface area contributed by atoms with E-state index in [0.717, 1.165) is 6.42 Å². The number of aliphatic hydroxyl groups excluding tert-OH is 1. The smallest absolute Gasteiger partial charge is 0.0456 e. The summed E-state index contributed by atoms with van der Waals surface area (Å²) in [5, 5.41) is 8.47. The van der Waals surface area contributed by atoms with Gasteiger partial charge in [0.2, 0.25) is 0 Å². The molecule has 0 fully saturated rings. The van der Waals surface area contributed by atoms with Gasteiger partial charge in [-0.25, -0.2) is 0 Å². The van der Waals surface area contributed by atoms with Gasteiger partial charge in [-0.15, -0.1) is 0 Å². The van der Waals surface area contributed by atoms with Crippen LogP contribution in [-0.2, 0) is 0 Å². The maximum absolute atomic E-state index is 8.47. The van der Waals surface area contributed by atoms with Crippen molar-refractivity contribution in [2.45, 2.75) is 40.5 Å². The van der Waals surface area contributed by atoms with Crippen LogP contribution in [0.2, 0.25) is 0 Å². The zero-order valence-corrected chi connectivity index (χ0v) is 7.15. The Balaban J connectivity index is 0. The Morgan fingerprint density at radius 1 is 1.33 bits per heavy atom. The van der Waals surface area contributed by atoms with Crippen LogP contribution < -0.4 is 0 Å². The minimum absolute atomic E-state index is 0.341. The molecule has 0 aromatic rings. The second-order valence-electron chi connectivity index (χ2n) is 2.08. The van der Waals surface area contributed by atoms with Gasteiger partial charge < -0.3 is 5.11 Å². The van der Waals surface area contributed by atoms with Crippen molar-refractivity contribution in [2.75, 3.05) is 6.61 Å². The summed E-state index contributed by atoms with van der Waals surface area (Å²) >= 11 is 0. The Bertz CT molecular complexity index is 35.5. The van der Waals surface area contributed by atoms with E-state index < -0.39 is 0 Å². The van der Waals surface area contributed by atoms with Crippen molar-refractivity contribution in [1.29, 1.82) is 0 Å². The van der Waals surface area contributed by atoms with E-state index in [1.165, 1.54) is 6.42 Å². The summed E-state index contributed by atoms with van der Waals surface area (Å²) in [5.41, 5.74) is 0. The molecule has 9 heavy (non-hydrogen) atoms. The summed E-state index contributed by atoms with van der Waals surface area (Å²) < 4.78 is 0. The maximum atomic E-state index is 8.47. The highest BCUT2D eigenvalue weighted by Crippen LogP contribution is 2.01. The zero-order chi connectivity index (χ0) is 7.70. The molecule has 0 aromatic heterocycles. The molecule has 58 valence electrons. The van der Waals surface area contributed by atoms with E-state index in [0.29, 0.717) is 12.5 Å². The minimum Gasteiger partial charge on any atom is -0.396 e. The molecule has 0 bridgehead atoms. The third-order valence-electron chi connectivity index (χ3n) is 1.09. The van der Waals surface area contributed by atoms with E-state index in [9.17, 15) is 0 Å². The standard InChI is InChI=1S/C6H14O.C2H6/c1-3-4-6(2)5-7;1-2/h6-7H,3-5H2,1-2H3;1-2H3. The fourth-order valence-corrected chi connectivity index (χ4v) is 0.584. The fourth-order valence-electron chi connectivity index (χ4n) is 0.584. The molecule has 0 aliphatic heterocycles. The monoisotopic (exact) mass is 132 g/mol. The molecule has 0 aliphatic rings. The van der Waals surface area contributed by atoms with Gasteiger partial charge in [-0.05, 0) is 12.3 Å². The summed E-state index contributed by atoms with van der Waals surface area (Å²) in [5.74, 6) is 0.505. The van der Waals surface area contributed by atoms with E-state index in [2.05, 4.69) is 13.8 Å². The lowest BCUT2D eigenvalue weighted by Gasteiger charge is -2.01. The molecule has 1 N–H and O–H groups in total. The first-order valence-electron chi connectivity index (χ1n) is 3.92. The van der Waals surface area contributed by atoms with Crippen LogP contribution >= 0.6 is 0 Å². The SMILES string of the molecule is CC.CCCC(C)CO. The van der Waals surface area contributed by atoms with E-state index in [1.807, 2.05) is 13.8 Å². The Morgan fingerprint density at radius 2 is 1.78 bits per heavy atom. The van der Waals surface area contributed by atoms with Crippen molar-refractivity contribution in [3.63, 3.8) is 0 Å². The Morgan fingerprint density at radius 3 is 1.89 bits per heavy atom.